The van der Waals surface area contributed by atoms with Crippen molar-refractivity contribution in [2.75, 3.05) is 42.9 Å². The third-order valence-corrected chi connectivity index (χ3v) is 4.85. The lowest BCUT2D eigenvalue weighted by atomic mass is 9.96. The molecule has 3 heterocycles. The van der Waals surface area contributed by atoms with Crippen LogP contribution < -0.4 is 10.2 Å². The summed E-state index contributed by atoms with van der Waals surface area (Å²) in [4.78, 5) is 29.4. The molecular weight excluding hydrogens is 350 g/mol. The van der Waals surface area contributed by atoms with E-state index >= 15 is 0 Å². The van der Waals surface area contributed by atoms with Crippen molar-refractivity contribution in [2.45, 2.75) is 32.6 Å². The predicted octanol–water partition coefficient (Wildman–Crippen LogP) is 1.78. The van der Waals surface area contributed by atoms with Gasteiger partial charge in [0.05, 0.1) is 0 Å². The standard InChI is InChI=1S/C17H25N7OS/c1-17(2,3)14-21-16(26-22-14)20-8-5-13(25)23-9-11-24(12-10-23)15-18-6-4-7-19-15/h4,6-7H,5,8-12H2,1-3H3,(H,20,21,22). The molecule has 0 radical (unpaired) electrons. The summed E-state index contributed by atoms with van der Waals surface area (Å²) in [5, 5.41) is 3.98. The zero-order valence-electron chi connectivity index (χ0n) is 15.5. The average Bonchev–Trinajstić information content (AvgIpc) is 3.12. The number of rotatable bonds is 5. The van der Waals surface area contributed by atoms with Gasteiger partial charge in [-0.15, -0.1) is 0 Å². The van der Waals surface area contributed by atoms with Gasteiger partial charge in [-0.1, -0.05) is 20.8 Å². The smallest absolute Gasteiger partial charge is 0.225 e. The number of hydrogen-bond donors (Lipinski definition) is 1. The molecule has 0 atom stereocenters. The Hall–Kier alpha value is -2.29. The fraction of sp³-hybridized carbons (Fsp3) is 0.588. The Labute approximate surface area is 157 Å². The zero-order valence-corrected chi connectivity index (χ0v) is 16.3. The minimum Gasteiger partial charge on any atom is -0.360 e. The highest BCUT2D eigenvalue weighted by atomic mass is 32.1. The molecular formula is C17H25N7OS. The van der Waals surface area contributed by atoms with Crippen LogP contribution in [0.3, 0.4) is 0 Å². The summed E-state index contributed by atoms with van der Waals surface area (Å²) in [7, 11) is 0. The summed E-state index contributed by atoms with van der Waals surface area (Å²) < 4.78 is 4.37. The highest BCUT2D eigenvalue weighted by Gasteiger charge is 2.22. The first-order chi connectivity index (χ1) is 12.4. The van der Waals surface area contributed by atoms with E-state index in [-0.39, 0.29) is 11.3 Å². The predicted molar refractivity (Wildman–Crippen MR) is 103 cm³/mol. The summed E-state index contributed by atoms with van der Waals surface area (Å²) in [5.41, 5.74) is -0.0611. The molecule has 0 bridgehead atoms. The van der Waals surface area contributed by atoms with Gasteiger partial charge in [-0.25, -0.2) is 15.0 Å². The minimum absolute atomic E-state index is 0.0611. The summed E-state index contributed by atoms with van der Waals surface area (Å²) >= 11 is 1.34. The van der Waals surface area contributed by atoms with Crippen molar-refractivity contribution in [3.63, 3.8) is 0 Å². The first kappa shape index (κ1) is 18.5. The Kier molecular flexibility index (Phi) is 5.65. The van der Waals surface area contributed by atoms with E-state index in [0.717, 1.165) is 30.0 Å². The third-order valence-electron chi connectivity index (χ3n) is 4.18. The van der Waals surface area contributed by atoms with Crippen molar-refractivity contribution in [3.05, 3.63) is 24.3 Å². The lowest BCUT2D eigenvalue weighted by Crippen LogP contribution is -2.49. The normalized spacial score (nSPS) is 15.2. The largest absolute Gasteiger partial charge is 0.360 e. The molecule has 9 heteroatoms. The maximum atomic E-state index is 12.4. The van der Waals surface area contributed by atoms with Crippen molar-refractivity contribution in [3.8, 4) is 0 Å². The molecule has 1 aliphatic rings. The Bertz CT molecular complexity index is 720. The molecule has 8 nitrogen and oxygen atoms in total. The molecule has 0 aliphatic carbocycles. The maximum absolute atomic E-state index is 12.4. The highest BCUT2D eigenvalue weighted by molar-refractivity contribution is 7.09. The fourth-order valence-electron chi connectivity index (χ4n) is 2.64. The summed E-state index contributed by atoms with van der Waals surface area (Å²) in [6, 6.07) is 1.80. The van der Waals surface area contributed by atoms with Gasteiger partial charge in [-0.05, 0) is 6.07 Å². The molecule has 1 amide bonds. The van der Waals surface area contributed by atoms with E-state index in [1.165, 1.54) is 11.5 Å². The zero-order chi connectivity index (χ0) is 18.6. The van der Waals surface area contributed by atoms with E-state index in [4.69, 9.17) is 0 Å². The molecule has 1 N–H and O–H groups in total. The Morgan fingerprint density at radius 1 is 1.19 bits per heavy atom. The van der Waals surface area contributed by atoms with Gasteiger partial charge in [0.1, 0.15) is 5.82 Å². The molecule has 1 saturated heterocycles. The van der Waals surface area contributed by atoms with Crippen molar-refractivity contribution >= 4 is 28.5 Å². The van der Waals surface area contributed by atoms with Crippen LogP contribution in [0, 0.1) is 0 Å². The average molecular weight is 376 g/mol. The first-order valence-electron chi connectivity index (χ1n) is 8.81. The number of nitrogens with zero attached hydrogens (tertiary/aromatic N) is 6. The van der Waals surface area contributed by atoms with E-state index in [0.29, 0.717) is 26.1 Å². The van der Waals surface area contributed by atoms with Gasteiger partial charge in [0.15, 0.2) is 0 Å². The lowest BCUT2D eigenvalue weighted by molar-refractivity contribution is -0.131. The van der Waals surface area contributed by atoms with Gasteiger partial charge in [0.2, 0.25) is 17.0 Å². The number of anilines is 2. The highest BCUT2D eigenvalue weighted by Crippen LogP contribution is 2.22. The van der Waals surface area contributed by atoms with Gasteiger partial charge in [0.25, 0.3) is 0 Å². The molecule has 0 saturated carbocycles. The monoisotopic (exact) mass is 375 g/mol. The number of amides is 1. The number of aromatic nitrogens is 4. The molecule has 140 valence electrons. The van der Waals surface area contributed by atoms with Crippen LogP contribution in [0.4, 0.5) is 11.1 Å². The number of carbonyl (C=O) groups is 1. The third kappa shape index (κ3) is 4.66. The van der Waals surface area contributed by atoms with Crippen LogP contribution >= 0.6 is 11.5 Å². The van der Waals surface area contributed by atoms with Crippen molar-refractivity contribution in [2.24, 2.45) is 0 Å². The fourth-order valence-corrected chi connectivity index (χ4v) is 3.43. The summed E-state index contributed by atoms with van der Waals surface area (Å²) in [5.74, 6) is 1.72. The second-order valence-corrected chi connectivity index (χ2v) is 8.02. The Morgan fingerprint density at radius 3 is 2.50 bits per heavy atom. The van der Waals surface area contributed by atoms with E-state index in [1.807, 2.05) is 4.90 Å². The SMILES string of the molecule is CC(C)(C)c1nsc(NCCC(=O)N2CCN(c3ncccn3)CC2)n1. The van der Waals surface area contributed by atoms with Crippen LogP contribution in [0.5, 0.6) is 0 Å². The molecule has 1 fully saturated rings. The lowest BCUT2D eigenvalue weighted by Gasteiger charge is -2.34. The molecule has 2 aromatic heterocycles. The molecule has 0 spiro atoms. The maximum Gasteiger partial charge on any atom is 0.225 e. The van der Waals surface area contributed by atoms with Gasteiger partial charge in [0, 0.05) is 68.5 Å². The van der Waals surface area contributed by atoms with Crippen molar-refractivity contribution in [1.82, 2.24) is 24.2 Å². The van der Waals surface area contributed by atoms with Crippen molar-refractivity contribution < 1.29 is 4.79 Å². The van der Waals surface area contributed by atoms with Crippen LogP contribution in [0.2, 0.25) is 0 Å². The van der Waals surface area contributed by atoms with Gasteiger partial charge in [-0.3, -0.25) is 4.79 Å². The second-order valence-electron chi connectivity index (χ2n) is 7.27. The van der Waals surface area contributed by atoms with Gasteiger partial charge < -0.3 is 15.1 Å². The van der Waals surface area contributed by atoms with E-state index in [9.17, 15) is 4.79 Å². The van der Waals surface area contributed by atoms with E-state index < -0.39 is 0 Å². The van der Waals surface area contributed by atoms with Gasteiger partial charge in [-0.2, -0.15) is 4.37 Å². The van der Waals surface area contributed by atoms with E-state index in [1.54, 1.807) is 18.5 Å². The number of piperazine rings is 1. The van der Waals surface area contributed by atoms with Crippen LogP contribution in [0.25, 0.3) is 0 Å². The molecule has 26 heavy (non-hydrogen) atoms. The quantitative estimate of drug-likeness (QED) is 0.852. The first-order valence-corrected chi connectivity index (χ1v) is 9.58. The Balaban J connectivity index is 1.41. The molecule has 0 unspecified atom stereocenters. The van der Waals surface area contributed by atoms with Crippen LogP contribution in [0.15, 0.2) is 18.5 Å². The summed E-state index contributed by atoms with van der Waals surface area (Å²) in [6.07, 6.45) is 3.93. The van der Waals surface area contributed by atoms with Crippen LogP contribution in [-0.2, 0) is 10.2 Å². The molecule has 3 rings (SSSR count). The van der Waals surface area contributed by atoms with Gasteiger partial charge >= 0.3 is 0 Å². The van der Waals surface area contributed by atoms with Crippen LogP contribution in [0.1, 0.15) is 33.0 Å². The second kappa shape index (κ2) is 7.94. The van der Waals surface area contributed by atoms with Crippen LogP contribution in [-0.4, -0.2) is 62.9 Å². The van der Waals surface area contributed by atoms with E-state index in [2.05, 4.69) is 50.3 Å². The molecule has 0 aromatic carbocycles. The summed E-state index contributed by atoms with van der Waals surface area (Å²) in [6.45, 7) is 9.74. The van der Waals surface area contributed by atoms with Crippen molar-refractivity contribution in [1.29, 1.82) is 0 Å². The minimum atomic E-state index is -0.0611. The number of carbonyl (C=O) groups excluding carboxylic acids is 1. The number of hydrogen-bond acceptors (Lipinski definition) is 8. The Morgan fingerprint density at radius 2 is 1.88 bits per heavy atom. The number of nitrogens with one attached hydrogen (secondary N) is 1. The molecule has 2 aromatic rings. The topological polar surface area (TPSA) is 87.1 Å². The molecule has 1 aliphatic heterocycles.